The summed E-state index contributed by atoms with van der Waals surface area (Å²) in [6.45, 7) is 2.54. The molecule has 33 heteroatoms. The molecule has 0 heterocycles. The molecule has 1 aliphatic rings. The molecule has 1 aliphatic carbocycles. The van der Waals surface area contributed by atoms with Crippen molar-refractivity contribution in [3.05, 3.63) is 290 Å². The van der Waals surface area contributed by atoms with Gasteiger partial charge in [-0.25, -0.2) is 4.79 Å². The molecule has 7 amide bonds. The van der Waals surface area contributed by atoms with Gasteiger partial charge in [-0.1, -0.05) is 221 Å². The summed E-state index contributed by atoms with van der Waals surface area (Å²) in [5.74, 6) is -6.33. The Hall–Kier alpha value is -14.5. The van der Waals surface area contributed by atoms with Gasteiger partial charge in [0.25, 0.3) is 29.5 Å². The SMILES string of the molecule is COc1ccccc1C(=O)Nc1ccc(CCCC(=O)O)cc1.O=C(Cc1ccccc1)NCc1ccc(C(=O)O)cc1.O=C(O)CCCCCCCNC(=O)c1ccccc1Cl.O=C(O)CCCCCCCNC(=O)c1ccccc1O.O=C(O)CCCCCNC(=O)C1CCCCCC1.O=C(O)CCCNC(=O)c1ccccc1O.O=C(O)Cc1ccc(NC(=O)c2ccccc2Cl)cc1. The predicted molar refractivity (Wildman–Crippen MR) is 523 cm³/mol. The van der Waals surface area contributed by atoms with Crippen molar-refractivity contribution >= 4 is 118 Å². The Kier molecular flexibility index (Phi) is 57.4. The van der Waals surface area contributed by atoms with E-state index in [1.165, 1.54) is 63.1 Å². The maximum Gasteiger partial charge on any atom is 0.335 e. The van der Waals surface area contributed by atoms with Gasteiger partial charge >= 0.3 is 41.8 Å². The molecule has 1 fully saturated rings. The number of carbonyl (C=O) groups is 14. The van der Waals surface area contributed by atoms with Gasteiger partial charge in [0.2, 0.25) is 11.8 Å². The standard InChI is InChI=1S/C18H19NO4.C16H15NO3.C15H12ClNO3.C15H20ClNO3.C15H21NO4.C14H25NO3.C11H13NO4/c1-23-16-7-3-2-6-15(16)18(22)19-14-11-9-13(10-12-14)5-4-8-17(20)21;18-15(10-12-4-2-1-3-5-12)17-11-13-6-8-14(9-7-13)16(19)20;16-13-4-2-1-3-12(13)15(20)17-11-7-5-10(6-8-11)9-14(18)19;16-13-9-6-5-8-12(13)15(20)17-11-7-3-1-2-4-10-14(18)19;17-13-9-6-5-8-12(13)15(20)16-11-7-3-1-2-4-10-14(18)19;16-13(17)10-6-3-7-11-15-14(18)12-8-4-1-2-5-9-12;13-9-5-2-1-4-8(9)11(16)12-7-3-6-10(14)15/h2-3,6-7,9-12H,4-5,8H2,1H3,(H,19,22)(H,20,21);1-9H,10-11H2,(H,17,18)(H,19,20);1-8H,9H2,(H,17,20)(H,18,19);5-6,8-9H,1-4,7,10-11H2,(H,17,20)(H,18,19);5-6,8-9,17H,1-4,7,10-11H2,(H,16,20)(H,18,19);12H,1-11H2,(H,15,18)(H,16,17);1-2,4-5,13H,3,6-7H2,(H,12,16)(H,14,15). The highest BCUT2D eigenvalue weighted by molar-refractivity contribution is 6.34. The number of rotatable bonds is 46. The molecule has 0 spiro atoms. The van der Waals surface area contributed by atoms with E-state index in [2.05, 4.69) is 37.2 Å². The third kappa shape index (κ3) is 52.1. The number of aromatic carboxylic acids is 1. The van der Waals surface area contributed by atoms with Crippen molar-refractivity contribution in [3.8, 4) is 17.2 Å². The summed E-state index contributed by atoms with van der Waals surface area (Å²) in [5, 5.41) is 99.1. The van der Waals surface area contributed by atoms with Crippen LogP contribution in [-0.2, 0) is 64.2 Å². The van der Waals surface area contributed by atoms with Gasteiger partial charge in [-0.15, -0.1) is 0 Å². The Bertz CT molecular complexity index is 5150. The number of aliphatic carboxylic acids is 6. The Morgan fingerprint density at radius 2 is 0.664 bits per heavy atom. The molecule has 0 radical (unpaired) electrons. The summed E-state index contributed by atoms with van der Waals surface area (Å²) >= 11 is 11.9. The average Bonchev–Trinajstić information content (AvgIpc) is 1.08. The molecule has 9 aromatic rings. The lowest BCUT2D eigenvalue weighted by Gasteiger charge is -2.13. The topological polar surface area (TPSA) is 514 Å². The molecule has 0 aromatic heterocycles. The van der Waals surface area contributed by atoms with Gasteiger partial charge in [-0.05, 0) is 190 Å². The fraction of sp³-hybridized carbons (Fsp3) is 0.346. The highest BCUT2D eigenvalue weighted by Crippen LogP contribution is 2.26. The second-order valence-corrected chi connectivity index (χ2v) is 32.3. The minimum atomic E-state index is -0.954. The Morgan fingerprint density at radius 3 is 1.11 bits per heavy atom. The number of hydrogen-bond acceptors (Lipinski definition) is 17. The summed E-state index contributed by atoms with van der Waals surface area (Å²) in [4.78, 5) is 156. The normalized spacial score (nSPS) is 11.0. The van der Waals surface area contributed by atoms with Crippen LogP contribution in [0.2, 0.25) is 10.0 Å². The number of benzene rings is 9. The second-order valence-electron chi connectivity index (χ2n) is 31.5. The van der Waals surface area contributed by atoms with Crippen molar-refractivity contribution in [2.24, 2.45) is 5.92 Å². The molecule has 734 valence electrons. The van der Waals surface area contributed by atoms with Crippen LogP contribution in [0.5, 0.6) is 17.2 Å². The van der Waals surface area contributed by atoms with Crippen molar-refractivity contribution in [2.45, 2.75) is 193 Å². The number of aromatic hydroxyl groups is 2. The van der Waals surface area contributed by atoms with Crippen molar-refractivity contribution < 1.29 is 118 Å². The van der Waals surface area contributed by atoms with E-state index in [0.717, 1.165) is 100 Å². The number of amides is 7. The monoisotopic (exact) mass is 1930 g/mol. The lowest BCUT2D eigenvalue weighted by atomic mass is 9.99. The highest BCUT2D eigenvalue weighted by Gasteiger charge is 2.21. The molecule has 10 rings (SSSR count). The number of carboxylic acid groups (broad SMARTS) is 7. The number of halogens is 2. The van der Waals surface area contributed by atoms with Gasteiger partial charge in [-0.2, -0.15) is 0 Å². The first-order chi connectivity index (χ1) is 65.8. The van der Waals surface area contributed by atoms with Crippen LogP contribution in [0, 0.1) is 5.92 Å². The highest BCUT2D eigenvalue weighted by atomic mass is 35.5. The molecule has 31 nitrogen and oxygen atoms in total. The third-order valence-corrected chi connectivity index (χ3v) is 21.2. The van der Waals surface area contributed by atoms with Crippen molar-refractivity contribution in [1.82, 2.24) is 26.6 Å². The van der Waals surface area contributed by atoms with Crippen LogP contribution in [-0.4, -0.2) is 162 Å². The Morgan fingerprint density at radius 1 is 0.314 bits per heavy atom. The molecule has 9 aromatic carbocycles. The van der Waals surface area contributed by atoms with Crippen molar-refractivity contribution in [1.29, 1.82) is 0 Å². The molecule has 16 N–H and O–H groups in total. The second kappa shape index (κ2) is 68.5. The summed E-state index contributed by atoms with van der Waals surface area (Å²) in [5.41, 5.74) is 6.90. The van der Waals surface area contributed by atoms with Crippen LogP contribution in [0.15, 0.2) is 224 Å². The van der Waals surface area contributed by atoms with Crippen LogP contribution < -0.4 is 42.0 Å². The van der Waals surface area contributed by atoms with Crippen LogP contribution in [0.4, 0.5) is 11.4 Å². The van der Waals surface area contributed by atoms with Crippen molar-refractivity contribution in [3.63, 3.8) is 0 Å². The van der Waals surface area contributed by atoms with Crippen LogP contribution in [0.25, 0.3) is 0 Å². The fourth-order valence-corrected chi connectivity index (χ4v) is 13.7. The molecule has 0 unspecified atom stereocenters. The van der Waals surface area contributed by atoms with Gasteiger partial charge in [0.1, 0.15) is 17.2 Å². The summed E-state index contributed by atoms with van der Waals surface area (Å²) < 4.78 is 5.18. The van der Waals surface area contributed by atoms with Crippen LogP contribution in [0.1, 0.15) is 251 Å². The van der Waals surface area contributed by atoms with E-state index in [4.69, 9.17) is 63.7 Å². The van der Waals surface area contributed by atoms with Gasteiger partial charge in [0, 0.05) is 82.1 Å². The number of methoxy groups -OCH3 is 1. The van der Waals surface area contributed by atoms with E-state index < -0.39 is 47.7 Å². The van der Waals surface area contributed by atoms with Gasteiger partial charge in [0.05, 0.1) is 63.4 Å². The lowest BCUT2D eigenvalue weighted by Crippen LogP contribution is -2.31. The molecule has 0 aliphatic heterocycles. The largest absolute Gasteiger partial charge is 0.507 e. The number of carbonyl (C=O) groups excluding carboxylic acids is 7. The first-order valence-electron chi connectivity index (χ1n) is 45.4. The zero-order valence-electron chi connectivity index (χ0n) is 76.9. The molecular weight excluding hydrogens is 1800 g/mol. The van der Waals surface area contributed by atoms with E-state index in [0.29, 0.717) is 114 Å². The van der Waals surface area contributed by atoms with E-state index >= 15 is 0 Å². The van der Waals surface area contributed by atoms with E-state index in [9.17, 15) is 77.3 Å². The van der Waals surface area contributed by atoms with Gasteiger partial charge < -0.3 is 87.9 Å². The van der Waals surface area contributed by atoms with E-state index in [1.54, 1.807) is 133 Å². The van der Waals surface area contributed by atoms with Gasteiger partial charge in [0.15, 0.2) is 0 Å². The number of unbranched alkanes of at least 4 members (excludes halogenated alkanes) is 10. The molecule has 0 atom stereocenters. The number of phenols is 2. The number of para-hydroxylation sites is 3. The van der Waals surface area contributed by atoms with E-state index in [-0.39, 0.29) is 115 Å². The Labute approximate surface area is 807 Å². The summed E-state index contributed by atoms with van der Waals surface area (Å²) in [6, 6.07) is 63.4. The number of hydrogen-bond donors (Lipinski definition) is 16. The minimum Gasteiger partial charge on any atom is -0.507 e. The summed E-state index contributed by atoms with van der Waals surface area (Å²) in [6.07, 6.45) is 21.2. The van der Waals surface area contributed by atoms with Crippen LogP contribution >= 0.6 is 23.2 Å². The van der Waals surface area contributed by atoms with Gasteiger partial charge in [-0.3, -0.25) is 62.3 Å². The smallest absolute Gasteiger partial charge is 0.335 e. The first-order valence-corrected chi connectivity index (χ1v) is 46.1. The fourth-order valence-electron chi connectivity index (χ4n) is 13.2. The maximum atomic E-state index is 12.3. The third-order valence-electron chi connectivity index (χ3n) is 20.6. The van der Waals surface area contributed by atoms with E-state index in [1.807, 2.05) is 60.7 Å². The molecular formula is C104H125Cl2N7O24. The molecule has 0 bridgehead atoms. The number of carboxylic acids is 7. The number of nitrogens with one attached hydrogen (secondary N) is 7. The molecule has 137 heavy (non-hydrogen) atoms. The quantitative estimate of drug-likeness (QED) is 0.0124. The zero-order chi connectivity index (χ0) is 100. The first kappa shape index (κ1) is 115. The van der Waals surface area contributed by atoms with Crippen LogP contribution in [0.3, 0.4) is 0 Å². The number of ether oxygens (including phenoxy) is 1. The number of anilines is 2. The average molecular weight is 1930 g/mol. The lowest BCUT2D eigenvalue weighted by molar-refractivity contribution is -0.138. The predicted octanol–water partition coefficient (Wildman–Crippen LogP) is 18.6. The minimum absolute atomic E-state index is 0.0149. The zero-order valence-corrected chi connectivity index (χ0v) is 78.4. The van der Waals surface area contributed by atoms with Crippen molar-refractivity contribution in [2.75, 3.05) is 43.9 Å². The molecule has 0 saturated heterocycles. The maximum absolute atomic E-state index is 12.3. The number of phenolic OH excluding ortho intramolecular Hbond substituents is 2. The summed E-state index contributed by atoms with van der Waals surface area (Å²) in [7, 11) is 1.53. The Balaban J connectivity index is 0.000000335. The molecule has 1 saturated carbocycles. The number of aryl methyl sites for hydroxylation is 1.